The average Bonchev–Trinajstić information content (AvgIpc) is 3.36. The van der Waals surface area contributed by atoms with Gasteiger partial charge in [0.2, 0.25) is 17.7 Å². The van der Waals surface area contributed by atoms with Crippen molar-refractivity contribution in [2.24, 2.45) is 5.92 Å². The van der Waals surface area contributed by atoms with Crippen LogP contribution in [0.1, 0.15) is 37.5 Å². The Morgan fingerprint density at radius 3 is 2.93 bits per heavy atom. The fraction of sp³-hybridized carbons (Fsp3) is 0.476. The number of hydrogen-bond donors (Lipinski definition) is 1. The smallest absolute Gasteiger partial charge is 0.240 e. The van der Waals surface area contributed by atoms with E-state index in [2.05, 4.69) is 50.2 Å². The molecule has 0 aromatic carbocycles. The predicted molar refractivity (Wildman–Crippen MR) is 110 cm³/mol. The van der Waals surface area contributed by atoms with Crippen molar-refractivity contribution in [2.75, 3.05) is 18.0 Å². The van der Waals surface area contributed by atoms with E-state index >= 15 is 0 Å². The molecule has 152 valence electrons. The van der Waals surface area contributed by atoms with Gasteiger partial charge < -0.3 is 14.7 Å². The van der Waals surface area contributed by atoms with Gasteiger partial charge in [-0.3, -0.25) is 4.98 Å². The van der Waals surface area contributed by atoms with Crippen LogP contribution in [0.3, 0.4) is 0 Å². The first-order chi connectivity index (χ1) is 14.1. The van der Waals surface area contributed by atoms with Gasteiger partial charge >= 0.3 is 0 Å². The molecule has 1 aliphatic heterocycles. The molecule has 0 saturated carbocycles. The van der Waals surface area contributed by atoms with Crippen LogP contribution in [0.5, 0.6) is 0 Å². The Hall–Kier alpha value is -2.87. The number of anilines is 1. The maximum atomic E-state index is 5.36. The Morgan fingerprint density at radius 1 is 1.24 bits per heavy atom. The van der Waals surface area contributed by atoms with Gasteiger partial charge in [0.15, 0.2) is 0 Å². The molecular formula is C21H27N7O. The number of pyridine rings is 1. The molecule has 0 amide bonds. The van der Waals surface area contributed by atoms with Crippen molar-refractivity contribution < 1.29 is 4.52 Å². The highest BCUT2D eigenvalue weighted by atomic mass is 16.5. The average molecular weight is 393 g/mol. The lowest BCUT2D eigenvalue weighted by Gasteiger charge is -2.18. The van der Waals surface area contributed by atoms with Crippen LogP contribution in [0.15, 0.2) is 35.0 Å². The molecule has 1 aliphatic rings. The van der Waals surface area contributed by atoms with Crippen molar-refractivity contribution in [1.82, 2.24) is 30.4 Å². The number of aromatic nitrogens is 5. The van der Waals surface area contributed by atoms with Gasteiger partial charge in [-0.2, -0.15) is 4.98 Å². The van der Waals surface area contributed by atoms with E-state index in [0.29, 0.717) is 35.9 Å². The summed E-state index contributed by atoms with van der Waals surface area (Å²) in [6.45, 7) is 8.80. The molecule has 1 unspecified atom stereocenters. The molecule has 4 rings (SSSR count). The number of nitrogens with one attached hydrogen (secondary N) is 1. The molecular weight excluding hydrogens is 366 g/mol. The van der Waals surface area contributed by atoms with Crippen LogP contribution in [0, 0.1) is 12.8 Å². The normalized spacial score (nSPS) is 16.7. The zero-order valence-corrected chi connectivity index (χ0v) is 17.2. The molecule has 8 heteroatoms. The summed E-state index contributed by atoms with van der Waals surface area (Å²) in [4.78, 5) is 20.4. The lowest BCUT2D eigenvalue weighted by atomic mass is 10.1. The summed E-state index contributed by atoms with van der Waals surface area (Å²) < 4.78 is 5.36. The zero-order valence-electron chi connectivity index (χ0n) is 17.2. The molecule has 1 atom stereocenters. The lowest BCUT2D eigenvalue weighted by molar-refractivity contribution is 0.359. The highest BCUT2D eigenvalue weighted by molar-refractivity contribution is 5.47. The van der Waals surface area contributed by atoms with Crippen LogP contribution in [0.2, 0.25) is 0 Å². The molecule has 3 aromatic heterocycles. The third kappa shape index (κ3) is 4.95. The van der Waals surface area contributed by atoms with Gasteiger partial charge in [0, 0.05) is 36.7 Å². The zero-order chi connectivity index (χ0) is 20.2. The van der Waals surface area contributed by atoms with E-state index in [4.69, 9.17) is 9.51 Å². The second-order valence-electron chi connectivity index (χ2n) is 7.94. The first-order valence-electron chi connectivity index (χ1n) is 10.1. The second-order valence-corrected chi connectivity index (χ2v) is 7.94. The molecule has 0 radical (unpaired) electrons. The van der Waals surface area contributed by atoms with Crippen molar-refractivity contribution in [3.05, 3.63) is 47.7 Å². The van der Waals surface area contributed by atoms with Crippen molar-refractivity contribution >= 4 is 5.95 Å². The van der Waals surface area contributed by atoms with Crippen molar-refractivity contribution in [3.63, 3.8) is 0 Å². The number of aryl methyl sites for hydroxylation is 1. The quantitative estimate of drug-likeness (QED) is 0.655. The molecule has 0 aliphatic carbocycles. The third-order valence-corrected chi connectivity index (χ3v) is 4.89. The molecule has 8 nitrogen and oxygen atoms in total. The summed E-state index contributed by atoms with van der Waals surface area (Å²) in [7, 11) is 0. The first kappa shape index (κ1) is 19.4. The minimum atomic E-state index is 0.331. The van der Waals surface area contributed by atoms with Gasteiger partial charge in [-0.05, 0) is 43.9 Å². The van der Waals surface area contributed by atoms with Crippen molar-refractivity contribution in [2.45, 2.75) is 46.2 Å². The van der Waals surface area contributed by atoms with Gasteiger partial charge in [-0.25, -0.2) is 9.97 Å². The van der Waals surface area contributed by atoms with Gasteiger partial charge in [0.05, 0.1) is 6.54 Å². The van der Waals surface area contributed by atoms with E-state index < -0.39 is 0 Å². The molecule has 1 saturated heterocycles. The minimum absolute atomic E-state index is 0.331. The molecule has 29 heavy (non-hydrogen) atoms. The largest absolute Gasteiger partial charge is 0.339 e. The fourth-order valence-electron chi connectivity index (χ4n) is 3.55. The van der Waals surface area contributed by atoms with E-state index in [9.17, 15) is 0 Å². The van der Waals surface area contributed by atoms with Gasteiger partial charge in [0.1, 0.15) is 5.69 Å². The van der Waals surface area contributed by atoms with E-state index in [1.807, 2.05) is 25.1 Å². The van der Waals surface area contributed by atoms with Gasteiger partial charge in [0.25, 0.3) is 0 Å². The monoisotopic (exact) mass is 393 g/mol. The summed E-state index contributed by atoms with van der Waals surface area (Å²) in [5.41, 5.74) is 2.85. The summed E-state index contributed by atoms with van der Waals surface area (Å²) in [6, 6.07) is 8.06. The highest BCUT2D eigenvalue weighted by Crippen LogP contribution is 2.19. The predicted octanol–water partition coefficient (Wildman–Crippen LogP) is 2.80. The topological polar surface area (TPSA) is 92.9 Å². The third-order valence-electron chi connectivity index (χ3n) is 4.89. The van der Waals surface area contributed by atoms with Crippen LogP contribution in [-0.4, -0.2) is 44.2 Å². The Kier molecular flexibility index (Phi) is 5.80. The summed E-state index contributed by atoms with van der Waals surface area (Å²) in [5.74, 6) is 2.49. The Bertz CT molecular complexity index is 941. The Balaban J connectivity index is 1.34. The number of rotatable bonds is 7. The fourth-order valence-corrected chi connectivity index (χ4v) is 3.55. The molecule has 0 bridgehead atoms. The van der Waals surface area contributed by atoms with Crippen LogP contribution in [-0.2, 0) is 13.0 Å². The van der Waals surface area contributed by atoms with Gasteiger partial charge in [-0.15, -0.1) is 0 Å². The summed E-state index contributed by atoms with van der Waals surface area (Å²) in [6.07, 6.45) is 3.72. The highest BCUT2D eigenvalue weighted by Gasteiger charge is 2.25. The van der Waals surface area contributed by atoms with Crippen LogP contribution >= 0.6 is 0 Å². The Labute approximate surface area is 170 Å². The summed E-state index contributed by atoms with van der Waals surface area (Å²) in [5, 5.41) is 7.53. The van der Waals surface area contributed by atoms with Gasteiger partial charge in [-0.1, -0.05) is 25.1 Å². The SMILES string of the molecule is Cc1cc(CC(C)C)nc(N2CCC(NCc3nc(-c4ccccn4)no3)C2)n1. The number of nitrogens with zero attached hydrogens (tertiary/aromatic N) is 6. The maximum absolute atomic E-state index is 5.36. The first-order valence-corrected chi connectivity index (χ1v) is 10.1. The van der Waals surface area contributed by atoms with Crippen molar-refractivity contribution in [1.29, 1.82) is 0 Å². The van der Waals surface area contributed by atoms with Crippen molar-refractivity contribution in [3.8, 4) is 11.5 Å². The van der Waals surface area contributed by atoms with E-state index in [1.165, 1.54) is 0 Å². The van der Waals surface area contributed by atoms with Crippen LogP contribution in [0.25, 0.3) is 11.5 Å². The maximum Gasteiger partial charge on any atom is 0.240 e. The Morgan fingerprint density at radius 2 is 2.14 bits per heavy atom. The molecule has 4 heterocycles. The molecule has 1 N–H and O–H groups in total. The van der Waals surface area contributed by atoms with E-state index in [-0.39, 0.29) is 0 Å². The van der Waals surface area contributed by atoms with E-state index in [1.54, 1.807) is 6.20 Å². The second kappa shape index (κ2) is 8.65. The minimum Gasteiger partial charge on any atom is -0.339 e. The van der Waals surface area contributed by atoms with Crippen LogP contribution < -0.4 is 10.2 Å². The van der Waals surface area contributed by atoms with E-state index in [0.717, 1.165) is 43.3 Å². The molecule has 3 aromatic rings. The molecule has 1 fully saturated rings. The summed E-state index contributed by atoms with van der Waals surface area (Å²) >= 11 is 0. The van der Waals surface area contributed by atoms with Crippen LogP contribution in [0.4, 0.5) is 5.95 Å². The standard InChI is InChI=1S/C21H27N7O/c1-14(2)10-17-11-15(3)24-21(25-17)28-9-7-16(13-28)23-12-19-26-20(27-29-19)18-6-4-5-8-22-18/h4-6,8,11,14,16,23H,7,9-10,12-13H2,1-3H3. The number of hydrogen-bond acceptors (Lipinski definition) is 8. The lowest BCUT2D eigenvalue weighted by Crippen LogP contribution is -2.33. The molecule has 0 spiro atoms.